The Morgan fingerprint density at radius 1 is 1.20 bits per heavy atom. The average Bonchev–Trinajstić information content (AvgIpc) is 2.98. The third-order valence-electron chi connectivity index (χ3n) is 5.71. The molecule has 5 nitrogen and oxygen atoms in total. The number of fused-ring (bicyclic) bond motifs is 2. The number of oxazole rings is 1. The Labute approximate surface area is 148 Å². The lowest BCUT2D eigenvalue weighted by molar-refractivity contribution is 0.0751. The number of nitrogens with one attached hydrogen (secondary N) is 1. The van der Waals surface area contributed by atoms with Crippen LogP contribution in [0.15, 0.2) is 34.7 Å². The number of nitrogens with zero attached hydrogens (tertiary/aromatic N) is 1. The summed E-state index contributed by atoms with van der Waals surface area (Å²) in [7, 11) is 0. The molecule has 25 heavy (non-hydrogen) atoms. The molecular formula is C20H25N3O2. The third kappa shape index (κ3) is 3.21. The number of nitrogens with two attached hydrogens (primary N) is 1. The minimum absolute atomic E-state index is 0.124. The number of hydrogen-bond acceptors (Lipinski definition) is 4. The molecule has 1 heterocycles. The van der Waals surface area contributed by atoms with Crippen LogP contribution in [0.1, 0.15) is 48.4 Å². The molecule has 132 valence electrons. The maximum Gasteiger partial charge on any atom is 0.273 e. The monoisotopic (exact) mass is 339 g/mol. The molecule has 5 heteroatoms. The second-order valence-corrected chi connectivity index (χ2v) is 7.47. The summed E-state index contributed by atoms with van der Waals surface area (Å²) in [5.74, 6) is 1.92. The van der Waals surface area contributed by atoms with Crippen LogP contribution in [-0.2, 0) is 0 Å². The average molecular weight is 339 g/mol. The van der Waals surface area contributed by atoms with Crippen molar-refractivity contribution in [3.8, 4) is 11.5 Å². The summed E-state index contributed by atoms with van der Waals surface area (Å²) >= 11 is 0. The highest BCUT2D eigenvalue weighted by Crippen LogP contribution is 2.39. The van der Waals surface area contributed by atoms with Crippen LogP contribution in [0.5, 0.6) is 0 Å². The molecule has 0 spiro atoms. The Morgan fingerprint density at radius 3 is 2.56 bits per heavy atom. The highest BCUT2D eigenvalue weighted by atomic mass is 16.4. The van der Waals surface area contributed by atoms with Crippen LogP contribution in [0.25, 0.3) is 11.5 Å². The van der Waals surface area contributed by atoms with E-state index in [4.69, 9.17) is 10.2 Å². The van der Waals surface area contributed by atoms with Gasteiger partial charge in [0.15, 0.2) is 5.69 Å². The quantitative estimate of drug-likeness (QED) is 0.899. The van der Waals surface area contributed by atoms with E-state index in [1.165, 1.54) is 6.42 Å². The number of hydrogen-bond donors (Lipinski definition) is 2. The molecule has 1 aromatic heterocycles. The lowest BCUT2D eigenvalue weighted by Gasteiger charge is -2.45. The van der Waals surface area contributed by atoms with Crippen LogP contribution in [0.4, 0.5) is 0 Å². The van der Waals surface area contributed by atoms with E-state index in [1.807, 2.05) is 30.3 Å². The molecule has 3 N–H and O–H groups in total. The maximum absolute atomic E-state index is 12.8. The molecule has 0 aliphatic heterocycles. The number of rotatable bonds is 3. The molecule has 2 fully saturated rings. The highest BCUT2D eigenvalue weighted by molar-refractivity contribution is 5.94. The van der Waals surface area contributed by atoms with Gasteiger partial charge in [-0.2, -0.15) is 0 Å². The van der Waals surface area contributed by atoms with Crippen LogP contribution in [0, 0.1) is 18.8 Å². The summed E-state index contributed by atoms with van der Waals surface area (Å²) in [4.78, 5) is 17.3. The number of amides is 1. The fourth-order valence-electron chi connectivity index (χ4n) is 4.56. The van der Waals surface area contributed by atoms with Crippen LogP contribution in [0.2, 0.25) is 0 Å². The standard InChI is InChI=1S/C20H25N3O2/c1-12-17(23-20(25-12)13-6-3-2-4-7-13)19(24)22-18-14-8-5-9-15(18)11-16(21)10-14/h2-4,6-7,14-16,18H,5,8-11,21H2,1H3,(H,22,24). The van der Waals surface area contributed by atoms with Crippen molar-refractivity contribution in [1.82, 2.24) is 10.3 Å². The van der Waals surface area contributed by atoms with Gasteiger partial charge in [-0.05, 0) is 56.6 Å². The van der Waals surface area contributed by atoms with Crippen molar-refractivity contribution in [2.75, 3.05) is 0 Å². The molecule has 2 saturated carbocycles. The normalized spacial score (nSPS) is 28.6. The molecule has 2 aliphatic carbocycles. The van der Waals surface area contributed by atoms with Crippen molar-refractivity contribution in [2.24, 2.45) is 17.6 Å². The van der Waals surface area contributed by atoms with E-state index in [0.29, 0.717) is 29.2 Å². The fourth-order valence-corrected chi connectivity index (χ4v) is 4.56. The van der Waals surface area contributed by atoms with Crippen molar-refractivity contribution in [3.05, 3.63) is 41.8 Å². The van der Waals surface area contributed by atoms with Crippen molar-refractivity contribution >= 4 is 5.91 Å². The summed E-state index contributed by atoms with van der Waals surface area (Å²) in [6.45, 7) is 1.80. The van der Waals surface area contributed by atoms with Crippen LogP contribution in [0.3, 0.4) is 0 Å². The molecule has 2 bridgehead atoms. The summed E-state index contributed by atoms with van der Waals surface area (Å²) < 4.78 is 5.73. The zero-order valence-corrected chi connectivity index (χ0v) is 14.6. The van der Waals surface area contributed by atoms with E-state index in [2.05, 4.69) is 10.3 Å². The summed E-state index contributed by atoms with van der Waals surface area (Å²) in [5.41, 5.74) is 7.46. The first-order valence-electron chi connectivity index (χ1n) is 9.21. The van der Waals surface area contributed by atoms with Crippen molar-refractivity contribution in [2.45, 2.75) is 51.1 Å². The molecule has 1 aromatic carbocycles. The van der Waals surface area contributed by atoms with Gasteiger partial charge >= 0.3 is 0 Å². The number of carbonyl (C=O) groups is 1. The fraction of sp³-hybridized carbons (Fsp3) is 0.500. The van der Waals surface area contributed by atoms with Gasteiger partial charge in [0.2, 0.25) is 5.89 Å². The van der Waals surface area contributed by atoms with Crippen LogP contribution in [-0.4, -0.2) is 23.0 Å². The van der Waals surface area contributed by atoms with E-state index in [1.54, 1.807) is 6.92 Å². The van der Waals surface area contributed by atoms with E-state index in [0.717, 1.165) is 31.2 Å². The van der Waals surface area contributed by atoms with Gasteiger partial charge in [-0.1, -0.05) is 24.6 Å². The van der Waals surface area contributed by atoms with Gasteiger partial charge < -0.3 is 15.5 Å². The Bertz CT molecular complexity index is 742. The Morgan fingerprint density at radius 2 is 1.88 bits per heavy atom. The van der Waals surface area contributed by atoms with E-state index < -0.39 is 0 Å². The number of aromatic nitrogens is 1. The van der Waals surface area contributed by atoms with Crippen molar-refractivity contribution in [3.63, 3.8) is 0 Å². The molecule has 2 unspecified atom stereocenters. The predicted octanol–water partition coefficient (Wildman–Crippen LogP) is 3.29. The molecule has 2 atom stereocenters. The zero-order valence-electron chi connectivity index (χ0n) is 14.6. The second kappa shape index (κ2) is 6.64. The number of carbonyl (C=O) groups excluding carboxylic acids is 1. The number of aryl methyl sites for hydroxylation is 1. The van der Waals surface area contributed by atoms with E-state index in [9.17, 15) is 4.79 Å². The first-order valence-corrected chi connectivity index (χ1v) is 9.21. The number of benzene rings is 1. The minimum Gasteiger partial charge on any atom is -0.441 e. The molecule has 0 radical (unpaired) electrons. The van der Waals surface area contributed by atoms with E-state index >= 15 is 0 Å². The zero-order chi connectivity index (χ0) is 17.4. The van der Waals surface area contributed by atoms with Gasteiger partial charge in [0.05, 0.1) is 0 Å². The lowest BCUT2D eigenvalue weighted by Crippen LogP contribution is -2.53. The van der Waals surface area contributed by atoms with Crippen LogP contribution < -0.4 is 11.1 Å². The van der Waals surface area contributed by atoms with Gasteiger partial charge in [0.25, 0.3) is 5.91 Å². The van der Waals surface area contributed by atoms with Gasteiger partial charge in [0.1, 0.15) is 5.76 Å². The first-order chi connectivity index (χ1) is 12.1. The molecule has 2 aliphatic rings. The smallest absolute Gasteiger partial charge is 0.273 e. The second-order valence-electron chi connectivity index (χ2n) is 7.47. The van der Waals surface area contributed by atoms with Crippen LogP contribution >= 0.6 is 0 Å². The van der Waals surface area contributed by atoms with E-state index in [-0.39, 0.29) is 18.0 Å². The maximum atomic E-state index is 12.8. The summed E-state index contributed by atoms with van der Waals surface area (Å²) in [6, 6.07) is 10.2. The Balaban J connectivity index is 1.53. The third-order valence-corrected chi connectivity index (χ3v) is 5.71. The highest BCUT2D eigenvalue weighted by Gasteiger charge is 2.40. The van der Waals surface area contributed by atoms with Gasteiger partial charge in [-0.15, -0.1) is 0 Å². The SMILES string of the molecule is Cc1oc(-c2ccccc2)nc1C(=O)NC1C2CCCC1CC(N)C2. The molecule has 4 rings (SSSR count). The minimum atomic E-state index is -0.124. The molecule has 1 amide bonds. The van der Waals surface area contributed by atoms with Gasteiger partial charge in [-0.3, -0.25) is 4.79 Å². The topological polar surface area (TPSA) is 81.2 Å². The van der Waals surface area contributed by atoms with Gasteiger partial charge in [0, 0.05) is 17.6 Å². The van der Waals surface area contributed by atoms with Crippen molar-refractivity contribution < 1.29 is 9.21 Å². The largest absolute Gasteiger partial charge is 0.441 e. The first kappa shape index (κ1) is 16.3. The van der Waals surface area contributed by atoms with Crippen molar-refractivity contribution in [1.29, 1.82) is 0 Å². The lowest BCUT2D eigenvalue weighted by atomic mass is 9.67. The Hall–Kier alpha value is -2.14. The summed E-state index contributed by atoms with van der Waals surface area (Å²) in [6.07, 6.45) is 5.57. The Kier molecular flexibility index (Phi) is 4.34. The summed E-state index contributed by atoms with van der Waals surface area (Å²) in [5, 5.41) is 3.25. The molecule has 2 aromatic rings. The molecular weight excluding hydrogens is 314 g/mol. The predicted molar refractivity (Wildman–Crippen MR) is 96.0 cm³/mol. The molecule has 0 saturated heterocycles. The van der Waals surface area contributed by atoms with Gasteiger partial charge in [-0.25, -0.2) is 4.98 Å².